The number of hydrogen-bond donors (Lipinski definition) is 0. The first-order valence-corrected chi connectivity index (χ1v) is 6.58. The molecule has 0 aliphatic rings. The lowest BCUT2D eigenvalue weighted by Gasteiger charge is -2.14. The highest BCUT2D eigenvalue weighted by Gasteiger charge is 2.09. The van der Waals surface area contributed by atoms with Gasteiger partial charge < -0.3 is 4.74 Å². The summed E-state index contributed by atoms with van der Waals surface area (Å²) >= 11 is 0. The molecule has 0 radical (unpaired) electrons. The quantitative estimate of drug-likeness (QED) is 0.735. The van der Waals surface area contributed by atoms with Crippen LogP contribution in [-0.4, -0.2) is 7.11 Å². The highest BCUT2D eigenvalue weighted by molar-refractivity contribution is 5.70. The first kappa shape index (κ1) is 12.7. The summed E-state index contributed by atoms with van der Waals surface area (Å²) in [6.07, 6.45) is 3.47. The van der Waals surface area contributed by atoms with Crippen LogP contribution in [0.3, 0.4) is 0 Å². The minimum atomic E-state index is 1.00. The second-order valence-corrected chi connectivity index (χ2v) is 4.46. The lowest BCUT2D eigenvalue weighted by atomic mass is 9.95. The van der Waals surface area contributed by atoms with Gasteiger partial charge in [-0.3, -0.25) is 0 Å². The molecular weight excluding hydrogens is 220 g/mol. The highest BCUT2D eigenvalue weighted by atomic mass is 16.5. The van der Waals surface area contributed by atoms with Crippen molar-refractivity contribution in [3.8, 4) is 16.9 Å². The molecule has 0 aliphatic heterocycles. The second-order valence-electron chi connectivity index (χ2n) is 4.46. The molecule has 0 amide bonds. The van der Waals surface area contributed by atoms with Gasteiger partial charge in [0.15, 0.2) is 0 Å². The summed E-state index contributed by atoms with van der Waals surface area (Å²) < 4.78 is 5.50. The predicted octanol–water partition coefficient (Wildman–Crippen LogP) is 4.70. The molecule has 1 heteroatoms. The zero-order chi connectivity index (χ0) is 12.8. The summed E-state index contributed by atoms with van der Waals surface area (Å²) in [5.74, 6) is 1.00. The summed E-state index contributed by atoms with van der Waals surface area (Å²) in [6.45, 7) is 2.22. The number of rotatable bonds is 5. The fraction of sp³-hybridized carbons (Fsp3) is 0.294. The number of methoxy groups -OCH3 is 1. The van der Waals surface area contributed by atoms with Gasteiger partial charge in [0.05, 0.1) is 7.11 Å². The third kappa shape index (κ3) is 2.73. The first-order chi connectivity index (χ1) is 8.86. The maximum absolute atomic E-state index is 5.50. The van der Waals surface area contributed by atoms with Crippen LogP contribution >= 0.6 is 0 Å². The Hall–Kier alpha value is -1.76. The summed E-state index contributed by atoms with van der Waals surface area (Å²) in [5.41, 5.74) is 3.89. The van der Waals surface area contributed by atoms with Crippen molar-refractivity contribution in [3.05, 3.63) is 54.1 Å². The van der Waals surface area contributed by atoms with Crippen LogP contribution in [0.5, 0.6) is 5.75 Å². The van der Waals surface area contributed by atoms with Gasteiger partial charge in [-0.15, -0.1) is 0 Å². The van der Waals surface area contributed by atoms with Crippen molar-refractivity contribution in [2.24, 2.45) is 0 Å². The lowest BCUT2D eigenvalue weighted by molar-refractivity contribution is 0.409. The fourth-order valence-corrected chi connectivity index (χ4v) is 2.26. The molecule has 0 bridgehead atoms. The number of ether oxygens (including phenoxy) is 1. The van der Waals surface area contributed by atoms with Crippen LogP contribution in [0.2, 0.25) is 0 Å². The Labute approximate surface area is 109 Å². The second kappa shape index (κ2) is 6.25. The van der Waals surface area contributed by atoms with Crippen LogP contribution in [0.4, 0.5) is 0 Å². The summed E-state index contributed by atoms with van der Waals surface area (Å²) in [6, 6.07) is 16.8. The molecule has 0 aliphatic carbocycles. The van der Waals surface area contributed by atoms with Crippen molar-refractivity contribution in [2.45, 2.75) is 26.2 Å². The molecule has 0 atom stereocenters. The Bertz CT molecular complexity index is 488. The van der Waals surface area contributed by atoms with E-state index >= 15 is 0 Å². The number of hydrogen-bond acceptors (Lipinski definition) is 1. The van der Waals surface area contributed by atoms with Crippen LogP contribution in [0.15, 0.2) is 48.5 Å². The van der Waals surface area contributed by atoms with E-state index in [1.807, 2.05) is 0 Å². The molecule has 1 nitrogen and oxygen atoms in total. The van der Waals surface area contributed by atoms with E-state index in [0.29, 0.717) is 0 Å². The van der Waals surface area contributed by atoms with Gasteiger partial charge in [0, 0.05) is 5.56 Å². The Balaban J connectivity index is 2.45. The van der Waals surface area contributed by atoms with Gasteiger partial charge in [-0.1, -0.05) is 55.8 Å². The zero-order valence-corrected chi connectivity index (χ0v) is 11.1. The Morgan fingerprint density at radius 2 is 1.72 bits per heavy atom. The normalized spacial score (nSPS) is 10.3. The van der Waals surface area contributed by atoms with Crippen molar-refractivity contribution >= 4 is 0 Å². The summed E-state index contributed by atoms with van der Waals surface area (Å²) in [5, 5.41) is 0. The molecule has 0 unspecified atom stereocenters. The Morgan fingerprint density at radius 1 is 0.944 bits per heavy atom. The molecule has 0 saturated carbocycles. The molecule has 0 heterocycles. The topological polar surface area (TPSA) is 9.23 Å². The van der Waals surface area contributed by atoms with Gasteiger partial charge in [0.25, 0.3) is 0 Å². The zero-order valence-electron chi connectivity index (χ0n) is 11.1. The molecule has 0 saturated heterocycles. The highest BCUT2D eigenvalue weighted by Crippen LogP contribution is 2.31. The Kier molecular flexibility index (Phi) is 4.40. The van der Waals surface area contributed by atoms with Gasteiger partial charge in [-0.05, 0) is 30.0 Å². The smallest absolute Gasteiger partial charge is 0.122 e. The number of benzene rings is 2. The SMILES string of the molecule is CCCCc1c(OC)cccc1-c1ccccc1. The van der Waals surface area contributed by atoms with Gasteiger partial charge in [0.1, 0.15) is 5.75 Å². The van der Waals surface area contributed by atoms with Crippen molar-refractivity contribution in [2.75, 3.05) is 7.11 Å². The van der Waals surface area contributed by atoms with E-state index in [9.17, 15) is 0 Å². The van der Waals surface area contributed by atoms with E-state index in [2.05, 4.69) is 55.5 Å². The van der Waals surface area contributed by atoms with Gasteiger partial charge in [-0.25, -0.2) is 0 Å². The monoisotopic (exact) mass is 240 g/mol. The van der Waals surface area contributed by atoms with Crippen LogP contribution < -0.4 is 4.74 Å². The van der Waals surface area contributed by atoms with Crippen molar-refractivity contribution in [3.63, 3.8) is 0 Å². The van der Waals surface area contributed by atoms with E-state index in [-0.39, 0.29) is 0 Å². The molecule has 0 fully saturated rings. The first-order valence-electron chi connectivity index (χ1n) is 6.58. The van der Waals surface area contributed by atoms with E-state index in [4.69, 9.17) is 4.74 Å². The minimum absolute atomic E-state index is 1.00. The lowest BCUT2D eigenvalue weighted by Crippen LogP contribution is -1.95. The van der Waals surface area contributed by atoms with E-state index < -0.39 is 0 Å². The van der Waals surface area contributed by atoms with Crippen LogP contribution in [0.25, 0.3) is 11.1 Å². The maximum Gasteiger partial charge on any atom is 0.122 e. The third-order valence-corrected chi connectivity index (χ3v) is 3.22. The molecule has 18 heavy (non-hydrogen) atoms. The largest absolute Gasteiger partial charge is 0.496 e. The van der Waals surface area contributed by atoms with Crippen molar-refractivity contribution < 1.29 is 4.74 Å². The molecule has 0 spiro atoms. The fourth-order valence-electron chi connectivity index (χ4n) is 2.26. The van der Waals surface area contributed by atoms with Gasteiger partial charge in [0.2, 0.25) is 0 Å². The molecule has 0 N–H and O–H groups in total. The molecular formula is C17H20O. The maximum atomic E-state index is 5.50. The van der Waals surface area contributed by atoms with Crippen LogP contribution in [0, 0.1) is 0 Å². The molecule has 2 aromatic rings. The third-order valence-electron chi connectivity index (χ3n) is 3.22. The van der Waals surface area contributed by atoms with E-state index in [1.165, 1.54) is 29.5 Å². The van der Waals surface area contributed by atoms with E-state index in [1.54, 1.807) is 7.11 Å². The van der Waals surface area contributed by atoms with Crippen LogP contribution in [0.1, 0.15) is 25.3 Å². The number of unbranched alkanes of at least 4 members (excludes halogenated alkanes) is 1. The molecule has 2 rings (SSSR count). The van der Waals surface area contributed by atoms with Crippen LogP contribution in [-0.2, 0) is 6.42 Å². The van der Waals surface area contributed by atoms with Crippen molar-refractivity contribution in [1.82, 2.24) is 0 Å². The molecule has 0 aromatic heterocycles. The van der Waals surface area contributed by atoms with Gasteiger partial charge >= 0.3 is 0 Å². The standard InChI is InChI=1S/C17H20O/c1-3-4-11-16-15(12-8-13-17(16)18-2)14-9-6-5-7-10-14/h5-10,12-13H,3-4,11H2,1-2H3. The molecule has 2 aromatic carbocycles. The summed E-state index contributed by atoms with van der Waals surface area (Å²) in [4.78, 5) is 0. The van der Waals surface area contributed by atoms with Gasteiger partial charge in [-0.2, -0.15) is 0 Å². The average molecular weight is 240 g/mol. The van der Waals surface area contributed by atoms with Crippen molar-refractivity contribution in [1.29, 1.82) is 0 Å². The summed E-state index contributed by atoms with van der Waals surface area (Å²) in [7, 11) is 1.75. The predicted molar refractivity (Wildman–Crippen MR) is 77.0 cm³/mol. The molecule has 94 valence electrons. The average Bonchev–Trinajstić information content (AvgIpc) is 2.45. The van der Waals surface area contributed by atoms with E-state index in [0.717, 1.165) is 12.2 Å². The minimum Gasteiger partial charge on any atom is -0.496 e. The Morgan fingerprint density at radius 3 is 2.39 bits per heavy atom.